The number of furan rings is 1. The summed E-state index contributed by atoms with van der Waals surface area (Å²) in [6.45, 7) is 0.609. The molecule has 0 bridgehead atoms. The van der Waals surface area contributed by atoms with Crippen molar-refractivity contribution in [3.05, 3.63) is 54.5 Å². The first-order valence-electron chi connectivity index (χ1n) is 7.51. The van der Waals surface area contributed by atoms with Crippen molar-refractivity contribution < 1.29 is 19.1 Å². The van der Waals surface area contributed by atoms with Crippen molar-refractivity contribution in [1.29, 1.82) is 0 Å². The molecule has 1 aliphatic rings. The molecule has 1 aromatic carbocycles. The molecule has 120 valence electrons. The van der Waals surface area contributed by atoms with Gasteiger partial charge in [0.2, 0.25) is 5.60 Å². The Morgan fingerprint density at radius 1 is 1.26 bits per heavy atom. The second kappa shape index (κ2) is 6.26. The Morgan fingerprint density at radius 3 is 2.74 bits per heavy atom. The first-order chi connectivity index (χ1) is 11.1. The van der Waals surface area contributed by atoms with E-state index in [-0.39, 0.29) is 6.42 Å². The summed E-state index contributed by atoms with van der Waals surface area (Å²) >= 11 is 0. The monoisotopic (exact) mass is 314 g/mol. The Hall–Kier alpha value is -2.60. The van der Waals surface area contributed by atoms with Gasteiger partial charge in [-0.1, -0.05) is 18.2 Å². The van der Waals surface area contributed by atoms with Crippen molar-refractivity contribution >= 4 is 17.5 Å². The highest BCUT2D eigenvalue weighted by molar-refractivity contribution is 6.16. The van der Waals surface area contributed by atoms with Crippen molar-refractivity contribution in [2.45, 2.75) is 18.4 Å². The molecule has 0 saturated carbocycles. The Bertz CT molecular complexity index is 684. The highest BCUT2D eigenvalue weighted by Gasteiger charge is 2.51. The van der Waals surface area contributed by atoms with Gasteiger partial charge in [-0.2, -0.15) is 0 Å². The molecule has 2 heterocycles. The molecule has 1 saturated heterocycles. The van der Waals surface area contributed by atoms with Crippen LogP contribution in [-0.2, 0) is 16.0 Å². The lowest BCUT2D eigenvalue weighted by Crippen LogP contribution is -2.52. The van der Waals surface area contributed by atoms with Crippen molar-refractivity contribution in [1.82, 2.24) is 5.32 Å². The van der Waals surface area contributed by atoms with Crippen molar-refractivity contribution in [3.63, 3.8) is 0 Å². The molecule has 1 aliphatic heterocycles. The molecule has 3 rings (SSSR count). The second-order valence-corrected chi connectivity index (χ2v) is 5.49. The third-order valence-electron chi connectivity index (χ3n) is 3.98. The van der Waals surface area contributed by atoms with Gasteiger partial charge in [-0.25, -0.2) is 0 Å². The maximum Gasteiger partial charge on any atom is 0.268 e. The van der Waals surface area contributed by atoms with E-state index in [1.807, 2.05) is 18.2 Å². The summed E-state index contributed by atoms with van der Waals surface area (Å²) in [5.74, 6) is -0.507. The molecule has 1 atom stereocenters. The Labute approximate surface area is 133 Å². The van der Waals surface area contributed by atoms with E-state index in [9.17, 15) is 14.7 Å². The Kier molecular flexibility index (Phi) is 4.16. The maximum atomic E-state index is 12.5. The molecule has 0 spiro atoms. The zero-order chi connectivity index (χ0) is 16.3. The van der Waals surface area contributed by atoms with Crippen LogP contribution in [0.3, 0.4) is 0 Å². The van der Waals surface area contributed by atoms with Crippen LogP contribution in [0.25, 0.3) is 0 Å². The third-order valence-corrected chi connectivity index (χ3v) is 3.98. The van der Waals surface area contributed by atoms with Crippen LogP contribution in [0.2, 0.25) is 0 Å². The highest BCUT2D eigenvalue weighted by atomic mass is 16.3. The van der Waals surface area contributed by atoms with Gasteiger partial charge in [-0.3, -0.25) is 9.59 Å². The molecule has 0 radical (unpaired) electrons. The predicted molar refractivity (Wildman–Crippen MR) is 83.8 cm³/mol. The summed E-state index contributed by atoms with van der Waals surface area (Å²) in [4.78, 5) is 26.1. The molecular weight excluding hydrogens is 296 g/mol. The topological polar surface area (TPSA) is 82.8 Å². The summed E-state index contributed by atoms with van der Waals surface area (Å²) in [6.07, 6.45) is 2.14. The van der Waals surface area contributed by atoms with Crippen molar-refractivity contribution in [2.24, 2.45) is 0 Å². The smallest absolute Gasteiger partial charge is 0.268 e. The number of amides is 2. The first-order valence-corrected chi connectivity index (χ1v) is 7.51. The number of nitrogens with one attached hydrogen (secondary N) is 1. The van der Waals surface area contributed by atoms with Gasteiger partial charge in [0.25, 0.3) is 11.8 Å². The molecular formula is C17H18N2O4. The SMILES string of the molecule is O=C(NCCc1ccco1)C1(O)CCN(c2ccccc2)C1=O. The summed E-state index contributed by atoms with van der Waals surface area (Å²) in [5.41, 5.74) is -1.32. The Balaban J connectivity index is 1.62. The maximum absolute atomic E-state index is 12.5. The van der Waals surface area contributed by atoms with Crippen LogP contribution in [-0.4, -0.2) is 35.6 Å². The fourth-order valence-electron chi connectivity index (χ4n) is 2.67. The number of hydrogen-bond acceptors (Lipinski definition) is 4. The number of benzene rings is 1. The van der Waals surface area contributed by atoms with E-state index in [0.29, 0.717) is 25.2 Å². The fourth-order valence-corrected chi connectivity index (χ4v) is 2.67. The summed E-state index contributed by atoms with van der Waals surface area (Å²) in [7, 11) is 0. The van der Waals surface area contributed by atoms with E-state index in [1.165, 1.54) is 4.90 Å². The lowest BCUT2D eigenvalue weighted by atomic mass is 10.0. The number of hydrogen-bond donors (Lipinski definition) is 2. The van der Waals surface area contributed by atoms with Gasteiger partial charge in [0.05, 0.1) is 6.26 Å². The van der Waals surface area contributed by atoms with Crippen LogP contribution < -0.4 is 10.2 Å². The van der Waals surface area contributed by atoms with Crippen LogP contribution in [0.5, 0.6) is 0 Å². The quantitative estimate of drug-likeness (QED) is 0.810. The molecule has 1 aromatic heterocycles. The van der Waals surface area contributed by atoms with Gasteiger partial charge in [0.15, 0.2) is 0 Å². The van der Waals surface area contributed by atoms with E-state index in [4.69, 9.17) is 4.42 Å². The molecule has 0 aliphatic carbocycles. The van der Waals surface area contributed by atoms with Crippen molar-refractivity contribution in [2.75, 3.05) is 18.0 Å². The number of para-hydroxylation sites is 1. The molecule has 2 N–H and O–H groups in total. The Morgan fingerprint density at radius 2 is 2.04 bits per heavy atom. The summed E-state index contributed by atoms with van der Waals surface area (Å²) in [5, 5.41) is 13.1. The summed E-state index contributed by atoms with van der Waals surface area (Å²) < 4.78 is 5.17. The molecule has 6 heteroatoms. The van der Waals surface area contributed by atoms with E-state index < -0.39 is 17.4 Å². The molecule has 2 amide bonds. The third kappa shape index (κ3) is 2.98. The lowest BCUT2D eigenvalue weighted by Gasteiger charge is -2.21. The number of carbonyl (C=O) groups excluding carboxylic acids is 2. The van der Waals surface area contributed by atoms with Gasteiger partial charge in [-0.05, 0) is 24.3 Å². The zero-order valence-corrected chi connectivity index (χ0v) is 12.6. The van der Waals surface area contributed by atoms with Crippen LogP contribution in [0.1, 0.15) is 12.2 Å². The molecule has 1 fully saturated rings. The lowest BCUT2D eigenvalue weighted by molar-refractivity contribution is -0.149. The minimum absolute atomic E-state index is 0.0767. The second-order valence-electron chi connectivity index (χ2n) is 5.49. The number of anilines is 1. The van der Waals surface area contributed by atoms with Crippen LogP contribution in [0.15, 0.2) is 53.1 Å². The predicted octanol–water partition coefficient (Wildman–Crippen LogP) is 1.11. The fraction of sp³-hybridized carbons (Fsp3) is 0.294. The number of carbonyl (C=O) groups is 2. The number of rotatable bonds is 5. The van der Waals surface area contributed by atoms with Crippen LogP contribution in [0, 0.1) is 0 Å². The van der Waals surface area contributed by atoms with E-state index >= 15 is 0 Å². The van der Waals surface area contributed by atoms with Gasteiger partial charge >= 0.3 is 0 Å². The normalized spacial score (nSPS) is 20.7. The standard InChI is InChI=1S/C17H18N2O4/c20-15(18-10-8-14-7-4-12-23-14)17(22)9-11-19(16(17)21)13-5-2-1-3-6-13/h1-7,12,22H,8-11H2,(H,18,20). The van der Waals surface area contributed by atoms with E-state index in [2.05, 4.69) is 5.32 Å². The molecule has 2 aromatic rings. The zero-order valence-electron chi connectivity index (χ0n) is 12.6. The van der Waals surface area contributed by atoms with Crippen LogP contribution in [0.4, 0.5) is 5.69 Å². The molecule has 23 heavy (non-hydrogen) atoms. The van der Waals surface area contributed by atoms with E-state index in [1.54, 1.807) is 30.5 Å². The average molecular weight is 314 g/mol. The average Bonchev–Trinajstić information content (AvgIpc) is 3.18. The number of aliphatic hydroxyl groups is 1. The largest absolute Gasteiger partial charge is 0.469 e. The first kappa shape index (κ1) is 15.3. The van der Waals surface area contributed by atoms with Crippen LogP contribution >= 0.6 is 0 Å². The minimum Gasteiger partial charge on any atom is -0.469 e. The van der Waals surface area contributed by atoms with Crippen molar-refractivity contribution in [3.8, 4) is 0 Å². The van der Waals surface area contributed by atoms with E-state index in [0.717, 1.165) is 5.76 Å². The van der Waals surface area contributed by atoms with Gasteiger partial charge in [-0.15, -0.1) is 0 Å². The summed E-state index contributed by atoms with van der Waals surface area (Å²) in [6, 6.07) is 12.6. The van der Waals surface area contributed by atoms with Gasteiger partial charge in [0, 0.05) is 31.6 Å². The van der Waals surface area contributed by atoms with Gasteiger partial charge in [0.1, 0.15) is 5.76 Å². The highest BCUT2D eigenvalue weighted by Crippen LogP contribution is 2.28. The molecule has 6 nitrogen and oxygen atoms in total. The minimum atomic E-state index is -2.00. The number of nitrogens with zero attached hydrogens (tertiary/aromatic N) is 1. The van der Waals surface area contributed by atoms with Gasteiger partial charge < -0.3 is 19.7 Å². The molecule has 1 unspecified atom stereocenters.